The molecule has 5 saturated heterocycles. The van der Waals surface area contributed by atoms with E-state index in [1.807, 2.05) is 13.8 Å². The van der Waals surface area contributed by atoms with Gasteiger partial charge in [-0.15, -0.1) is 0 Å². The highest BCUT2D eigenvalue weighted by Crippen LogP contribution is 2.78. The number of cyclic esters (lactones) is 1. The van der Waals surface area contributed by atoms with E-state index in [4.69, 9.17) is 14.2 Å². The van der Waals surface area contributed by atoms with Gasteiger partial charge in [-0.2, -0.15) is 0 Å². The van der Waals surface area contributed by atoms with E-state index < -0.39 is 45.4 Å². The molecule has 5 aliphatic heterocycles. The van der Waals surface area contributed by atoms with Gasteiger partial charge in [0.15, 0.2) is 17.3 Å². The summed E-state index contributed by atoms with van der Waals surface area (Å²) < 4.78 is 19.4. The third kappa shape index (κ3) is 2.24. The minimum Gasteiger partial charge on any atom is -0.465 e. The van der Waals surface area contributed by atoms with Crippen molar-refractivity contribution in [3.63, 3.8) is 0 Å². The topological polar surface area (TPSA) is 99.2 Å². The summed E-state index contributed by atoms with van der Waals surface area (Å²) in [6.45, 7) is 8.96. The van der Waals surface area contributed by atoms with E-state index in [2.05, 4.69) is 18.7 Å². The molecule has 38 heavy (non-hydrogen) atoms. The molecule has 4 spiro atoms. The first-order valence-electron chi connectivity index (χ1n) is 14.5. The minimum absolute atomic E-state index is 0.0285. The zero-order chi connectivity index (χ0) is 26.6. The Hall–Kier alpha value is -1.90. The van der Waals surface area contributed by atoms with Crippen molar-refractivity contribution in [3.8, 4) is 0 Å². The van der Waals surface area contributed by atoms with Crippen molar-refractivity contribution >= 4 is 23.3 Å². The van der Waals surface area contributed by atoms with Gasteiger partial charge in [-0.25, -0.2) is 4.90 Å². The van der Waals surface area contributed by atoms with E-state index in [-0.39, 0.29) is 55.0 Å². The van der Waals surface area contributed by atoms with E-state index in [0.29, 0.717) is 25.3 Å². The van der Waals surface area contributed by atoms with Gasteiger partial charge in [0, 0.05) is 35.1 Å². The smallest absolute Gasteiger partial charge is 0.306 e. The molecule has 0 aromatic heterocycles. The summed E-state index contributed by atoms with van der Waals surface area (Å²) in [6, 6.07) is 0. The molecule has 11 atom stereocenters. The predicted molar refractivity (Wildman–Crippen MR) is 132 cm³/mol. The maximum atomic E-state index is 15.4. The van der Waals surface area contributed by atoms with Crippen molar-refractivity contribution in [2.45, 2.75) is 83.8 Å². The second-order valence-corrected chi connectivity index (χ2v) is 14.3. The number of carbonyl (C=O) groups excluding carboxylic acids is 4. The first-order chi connectivity index (χ1) is 18.0. The van der Waals surface area contributed by atoms with Crippen LogP contribution in [0.5, 0.6) is 0 Å². The SMILES string of the molecule is CC1=CC(=O)[C@H]2[C@@H](C1)[C@]13CO[C@@]4(C1=O)N1C[C@H]5C[C@H](C)C[C@]1(CC[C@@]4(C)[C@]1(COC(=O)C1)[C@H]3C(=O)[C@@H]2C)O5. The summed E-state index contributed by atoms with van der Waals surface area (Å²) in [7, 11) is 0. The van der Waals surface area contributed by atoms with Crippen LogP contribution in [-0.4, -0.2) is 65.5 Å². The number of nitrogens with zero attached hydrogens (tertiary/aromatic N) is 1. The Morgan fingerprint density at radius 3 is 2.61 bits per heavy atom. The fourth-order valence-corrected chi connectivity index (χ4v) is 11.4. The number of hydrogen-bond donors (Lipinski definition) is 0. The third-order valence-corrected chi connectivity index (χ3v) is 12.7. The summed E-state index contributed by atoms with van der Waals surface area (Å²) >= 11 is 0. The summed E-state index contributed by atoms with van der Waals surface area (Å²) in [5.41, 5.74) is -3.78. The van der Waals surface area contributed by atoms with Crippen LogP contribution in [-0.2, 0) is 33.4 Å². The average molecular weight is 524 g/mol. The number of piperidine rings is 1. The zero-order valence-corrected chi connectivity index (χ0v) is 22.7. The summed E-state index contributed by atoms with van der Waals surface area (Å²) in [6.07, 6.45) is 5.50. The van der Waals surface area contributed by atoms with Gasteiger partial charge < -0.3 is 14.2 Å². The number of esters is 1. The normalized spacial score (nSPS) is 56.8. The van der Waals surface area contributed by atoms with Crippen molar-refractivity contribution in [2.75, 3.05) is 19.8 Å². The second-order valence-electron chi connectivity index (χ2n) is 14.3. The largest absolute Gasteiger partial charge is 0.465 e. The Bertz CT molecular complexity index is 1260. The lowest BCUT2D eigenvalue weighted by Crippen LogP contribution is -2.82. The molecule has 8 nitrogen and oxygen atoms in total. The zero-order valence-electron chi connectivity index (χ0n) is 22.7. The Kier molecular flexibility index (Phi) is 4.33. The number of ether oxygens (including phenoxy) is 3. The summed E-state index contributed by atoms with van der Waals surface area (Å²) in [5.74, 6) is -2.11. The lowest BCUT2D eigenvalue weighted by Gasteiger charge is -2.70. The molecule has 0 unspecified atom stereocenters. The van der Waals surface area contributed by atoms with Crippen molar-refractivity contribution in [3.05, 3.63) is 11.6 Å². The molecule has 7 fully saturated rings. The number of Topliss-reactive ketones (excluding diaryl/α,β-unsaturated/α-hetero) is 2. The number of rotatable bonds is 0. The molecule has 0 radical (unpaired) electrons. The van der Waals surface area contributed by atoms with E-state index in [1.54, 1.807) is 6.08 Å². The summed E-state index contributed by atoms with van der Waals surface area (Å²) in [4.78, 5) is 58.6. The molecule has 0 amide bonds. The number of ketones is 3. The summed E-state index contributed by atoms with van der Waals surface area (Å²) in [5, 5.41) is 0. The van der Waals surface area contributed by atoms with Gasteiger partial charge in [-0.3, -0.25) is 19.2 Å². The van der Waals surface area contributed by atoms with E-state index in [0.717, 1.165) is 24.8 Å². The number of fused-ring (bicyclic) bond motifs is 4. The van der Waals surface area contributed by atoms with Crippen LogP contribution >= 0.6 is 0 Å². The molecule has 2 saturated carbocycles. The van der Waals surface area contributed by atoms with Crippen molar-refractivity contribution in [1.29, 1.82) is 0 Å². The van der Waals surface area contributed by atoms with Gasteiger partial charge in [-0.05, 0) is 56.9 Å². The van der Waals surface area contributed by atoms with Gasteiger partial charge in [0.05, 0.1) is 31.2 Å². The quantitative estimate of drug-likeness (QED) is 0.447. The molecular weight excluding hydrogens is 486 g/mol. The maximum Gasteiger partial charge on any atom is 0.306 e. The monoisotopic (exact) mass is 523 g/mol. The number of allylic oxidation sites excluding steroid dienone is 2. The van der Waals surface area contributed by atoms with Crippen LogP contribution in [0, 0.1) is 45.8 Å². The standard InChI is InChI=1S/C30H37NO7/c1-15-8-19-22(20(32)9-15)17(3)23(34)24-27(11-21(33)36-13-27)26(4)5-6-28-10-16(2)7-18(38-28)12-31(28)30(26)25(35)29(19,24)14-37-30/h9,16-19,22,24H,5-8,10-14H2,1-4H3/t16-,17+,18+,19+,22+,24+,26-,27+,28-,29-,30+/m0/s1. The van der Waals surface area contributed by atoms with Crippen molar-refractivity contribution in [2.24, 2.45) is 45.8 Å². The average Bonchev–Trinajstić information content (AvgIpc) is 3.45. The lowest BCUT2D eigenvalue weighted by atomic mass is 9.34. The minimum atomic E-state index is -1.31. The van der Waals surface area contributed by atoms with Gasteiger partial charge in [0.1, 0.15) is 11.5 Å². The molecular formula is C30H37NO7. The van der Waals surface area contributed by atoms with Gasteiger partial charge in [0.2, 0.25) is 0 Å². The van der Waals surface area contributed by atoms with Crippen LogP contribution in [0.15, 0.2) is 11.6 Å². The van der Waals surface area contributed by atoms with Gasteiger partial charge in [-0.1, -0.05) is 26.3 Å². The Balaban J connectivity index is 1.40. The van der Waals surface area contributed by atoms with Gasteiger partial charge >= 0.3 is 5.97 Å². The Morgan fingerprint density at radius 1 is 1.08 bits per heavy atom. The van der Waals surface area contributed by atoms with Crippen molar-refractivity contribution in [1.82, 2.24) is 4.90 Å². The van der Waals surface area contributed by atoms with E-state index in [9.17, 15) is 14.4 Å². The van der Waals surface area contributed by atoms with Crippen LogP contribution in [0.4, 0.5) is 0 Å². The fraction of sp³-hybridized carbons (Fsp3) is 0.800. The van der Waals surface area contributed by atoms with Crippen molar-refractivity contribution < 1.29 is 33.4 Å². The fourth-order valence-electron chi connectivity index (χ4n) is 11.4. The highest BCUT2D eigenvalue weighted by Gasteiger charge is 2.89. The lowest BCUT2D eigenvalue weighted by molar-refractivity contribution is -0.313. The predicted octanol–water partition coefficient (Wildman–Crippen LogP) is 2.83. The molecule has 0 aromatic carbocycles. The molecule has 8 aliphatic rings. The first-order valence-corrected chi connectivity index (χ1v) is 14.5. The molecule has 4 bridgehead atoms. The van der Waals surface area contributed by atoms with Crippen LogP contribution < -0.4 is 0 Å². The highest BCUT2D eigenvalue weighted by molar-refractivity contribution is 6.08. The molecule has 3 aliphatic carbocycles. The maximum absolute atomic E-state index is 15.4. The van der Waals surface area contributed by atoms with E-state index in [1.165, 1.54) is 0 Å². The Labute approximate surface area is 222 Å². The van der Waals surface area contributed by atoms with Gasteiger partial charge in [0.25, 0.3) is 0 Å². The van der Waals surface area contributed by atoms with Crippen LogP contribution in [0.2, 0.25) is 0 Å². The molecule has 8 heteroatoms. The molecule has 8 rings (SSSR count). The molecule has 0 N–H and O–H groups in total. The molecule has 5 heterocycles. The number of carbonyl (C=O) groups is 4. The molecule has 0 aromatic rings. The third-order valence-electron chi connectivity index (χ3n) is 12.7. The van der Waals surface area contributed by atoms with Crippen LogP contribution in [0.3, 0.4) is 0 Å². The van der Waals surface area contributed by atoms with E-state index >= 15 is 4.79 Å². The second kappa shape index (κ2) is 6.87. The first kappa shape index (κ1) is 23.9. The highest BCUT2D eigenvalue weighted by atomic mass is 16.6. The van der Waals surface area contributed by atoms with Crippen LogP contribution in [0.25, 0.3) is 0 Å². The molecule has 204 valence electrons. The Morgan fingerprint density at radius 2 is 1.87 bits per heavy atom. The van der Waals surface area contributed by atoms with Crippen LogP contribution in [0.1, 0.15) is 66.2 Å². The number of hydrogen-bond acceptors (Lipinski definition) is 8.